The highest BCUT2D eigenvalue weighted by Gasteiger charge is 2.18. The van der Waals surface area contributed by atoms with Crippen LogP contribution in [0.25, 0.3) is 0 Å². The van der Waals surface area contributed by atoms with Crippen LogP contribution in [0.2, 0.25) is 0 Å². The van der Waals surface area contributed by atoms with Gasteiger partial charge < -0.3 is 5.32 Å². The van der Waals surface area contributed by atoms with Crippen molar-refractivity contribution in [1.29, 1.82) is 0 Å². The molecule has 0 spiro atoms. The van der Waals surface area contributed by atoms with Gasteiger partial charge in [0.25, 0.3) is 0 Å². The standard InChI is InChI=1S/C13H21N3/c1-4-9(3)13-15-11(5-2)10-6-7-14-8-12(10)16-13/h9,14H,4-8H2,1-3H3. The first-order valence-corrected chi connectivity index (χ1v) is 6.35. The Morgan fingerprint density at radius 1 is 1.31 bits per heavy atom. The van der Waals surface area contributed by atoms with Crippen LogP contribution >= 0.6 is 0 Å². The van der Waals surface area contributed by atoms with Gasteiger partial charge in [-0.25, -0.2) is 9.97 Å². The molecule has 2 rings (SSSR count). The number of hydrogen-bond donors (Lipinski definition) is 1. The molecule has 16 heavy (non-hydrogen) atoms. The van der Waals surface area contributed by atoms with E-state index in [-0.39, 0.29) is 0 Å². The quantitative estimate of drug-likeness (QED) is 0.847. The summed E-state index contributed by atoms with van der Waals surface area (Å²) in [6.45, 7) is 8.56. The summed E-state index contributed by atoms with van der Waals surface area (Å²) >= 11 is 0. The van der Waals surface area contributed by atoms with Crippen LogP contribution in [0.1, 0.15) is 55.9 Å². The van der Waals surface area contributed by atoms with Crippen molar-refractivity contribution in [2.24, 2.45) is 0 Å². The van der Waals surface area contributed by atoms with E-state index in [9.17, 15) is 0 Å². The molecule has 1 unspecified atom stereocenters. The van der Waals surface area contributed by atoms with Crippen LogP contribution < -0.4 is 5.32 Å². The first kappa shape index (κ1) is 11.5. The monoisotopic (exact) mass is 219 g/mol. The molecular weight excluding hydrogens is 198 g/mol. The Bertz CT molecular complexity index is 356. The Hall–Kier alpha value is -0.960. The molecule has 0 fully saturated rings. The van der Waals surface area contributed by atoms with Crippen LogP contribution in [-0.4, -0.2) is 16.5 Å². The lowest BCUT2D eigenvalue weighted by molar-refractivity contribution is 0.590. The van der Waals surface area contributed by atoms with Gasteiger partial charge in [-0.05, 0) is 31.4 Å². The first-order chi connectivity index (χ1) is 7.76. The second-order valence-electron chi connectivity index (χ2n) is 4.54. The average Bonchev–Trinajstić information content (AvgIpc) is 2.36. The van der Waals surface area contributed by atoms with E-state index in [1.165, 1.54) is 17.0 Å². The molecule has 0 amide bonds. The third kappa shape index (κ3) is 2.09. The Kier molecular flexibility index (Phi) is 3.54. The van der Waals surface area contributed by atoms with Crippen molar-refractivity contribution in [1.82, 2.24) is 15.3 Å². The predicted octanol–water partition coefficient (Wildman–Crippen LogP) is 2.20. The molecule has 88 valence electrons. The average molecular weight is 219 g/mol. The Balaban J connectivity index is 2.43. The van der Waals surface area contributed by atoms with Crippen molar-refractivity contribution in [3.05, 3.63) is 22.8 Å². The van der Waals surface area contributed by atoms with E-state index in [4.69, 9.17) is 9.97 Å². The molecule has 3 heteroatoms. The maximum atomic E-state index is 4.74. The number of fused-ring (bicyclic) bond motifs is 1. The van der Waals surface area contributed by atoms with Gasteiger partial charge in [0.2, 0.25) is 0 Å². The van der Waals surface area contributed by atoms with Gasteiger partial charge in [-0.2, -0.15) is 0 Å². The summed E-state index contributed by atoms with van der Waals surface area (Å²) in [4.78, 5) is 9.46. The number of aryl methyl sites for hydroxylation is 1. The molecule has 0 radical (unpaired) electrons. The maximum Gasteiger partial charge on any atom is 0.131 e. The zero-order chi connectivity index (χ0) is 11.5. The van der Waals surface area contributed by atoms with Crippen LogP contribution in [0.15, 0.2) is 0 Å². The predicted molar refractivity (Wildman–Crippen MR) is 65.5 cm³/mol. The van der Waals surface area contributed by atoms with Crippen molar-refractivity contribution < 1.29 is 0 Å². The Morgan fingerprint density at radius 2 is 2.12 bits per heavy atom. The van der Waals surface area contributed by atoms with Gasteiger partial charge in [0.15, 0.2) is 0 Å². The summed E-state index contributed by atoms with van der Waals surface area (Å²) in [5.41, 5.74) is 3.89. The minimum atomic E-state index is 0.470. The van der Waals surface area contributed by atoms with Crippen LogP contribution in [0.5, 0.6) is 0 Å². The van der Waals surface area contributed by atoms with Crippen molar-refractivity contribution in [2.45, 2.75) is 52.5 Å². The SMILES string of the molecule is CCc1nc(C(C)CC)nc2c1CCNC2. The molecule has 0 saturated carbocycles. The van der Waals surface area contributed by atoms with Gasteiger partial charge in [0.05, 0.1) is 5.69 Å². The van der Waals surface area contributed by atoms with Crippen molar-refractivity contribution in [2.75, 3.05) is 6.54 Å². The summed E-state index contributed by atoms with van der Waals surface area (Å²) in [5, 5.41) is 3.39. The van der Waals surface area contributed by atoms with Gasteiger partial charge in [-0.3, -0.25) is 0 Å². The molecule has 0 saturated heterocycles. The van der Waals surface area contributed by atoms with Crippen molar-refractivity contribution >= 4 is 0 Å². The molecule has 1 N–H and O–H groups in total. The molecule has 1 atom stereocenters. The van der Waals surface area contributed by atoms with E-state index in [1.54, 1.807) is 0 Å². The maximum absolute atomic E-state index is 4.74. The molecule has 1 aromatic heterocycles. The molecule has 0 bridgehead atoms. The van der Waals surface area contributed by atoms with E-state index in [2.05, 4.69) is 26.1 Å². The second kappa shape index (κ2) is 4.91. The van der Waals surface area contributed by atoms with E-state index >= 15 is 0 Å². The highest BCUT2D eigenvalue weighted by atomic mass is 15.0. The number of aromatic nitrogens is 2. The van der Waals surface area contributed by atoms with Crippen LogP contribution in [-0.2, 0) is 19.4 Å². The summed E-state index contributed by atoms with van der Waals surface area (Å²) in [6.07, 6.45) is 3.21. The van der Waals surface area contributed by atoms with Gasteiger partial charge in [-0.1, -0.05) is 20.8 Å². The molecular formula is C13H21N3. The summed E-state index contributed by atoms with van der Waals surface area (Å²) < 4.78 is 0. The van der Waals surface area contributed by atoms with Crippen molar-refractivity contribution in [3.8, 4) is 0 Å². The Morgan fingerprint density at radius 3 is 2.81 bits per heavy atom. The topological polar surface area (TPSA) is 37.8 Å². The van der Waals surface area contributed by atoms with E-state index < -0.39 is 0 Å². The van der Waals surface area contributed by atoms with Crippen LogP contribution in [0.4, 0.5) is 0 Å². The number of rotatable bonds is 3. The molecule has 3 nitrogen and oxygen atoms in total. The first-order valence-electron chi connectivity index (χ1n) is 6.35. The van der Waals surface area contributed by atoms with Gasteiger partial charge in [0, 0.05) is 18.2 Å². The molecule has 1 aromatic rings. The Labute approximate surface area is 97.7 Å². The number of hydrogen-bond acceptors (Lipinski definition) is 3. The lowest BCUT2D eigenvalue weighted by Crippen LogP contribution is -2.27. The molecule has 2 heterocycles. The zero-order valence-corrected chi connectivity index (χ0v) is 10.5. The van der Waals surface area contributed by atoms with Gasteiger partial charge >= 0.3 is 0 Å². The van der Waals surface area contributed by atoms with Crippen LogP contribution in [0.3, 0.4) is 0 Å². The van der Waals surface area contributed by atoms with Gasteiger partial charge in [0.1, 0.15) is 5.82 Å². The lowest BCUT2D eigenvalue weighted by atomic mass is 10.0. The zero-order valence-electron chi connectivity index (χ0n) is 10.5. The fourth-order valence-corrected chi connectivity index (χ4v) is 2.15. The lowest BCUT2D eigenvalue weighted by Gasteiger charge is -2.21. The van der Waals surface area contributed by atoms with E-state index in [1.807, 2.05) is 0 Å². The van der Waals surface area contributed by atoms with Crippen LogP contribution in [0, 0.1) is 0 Å². The summed E-state index contributed by atoms with van der Waals surface area (Å²) in [7, 11) is 0. The van der Waals surface area contributed by atoms with E-state index in [0.29, 0.717) is 5.92 Å². The third-order valence-corrected chi connectivity index (χ3v) is 3.43. The molecule has 1 aliphatic heterocycles. The smallest absolute Gasteiger partial charge is 0.131 e. The molecule has 0 aromatic carbocycles. The second-order valence-corrected chi connectivity index (χ2v) is 4.54. The fraction of sp³-hybridized carbons (Fsp3) is 0.692. The van der Waals surface area contributed by atoms with E-state index in [0.717, 1.165) is 38.2 Å². The fourth-order valence-electron chi connectivity index (χ4n) is 2.15. The highest BCUT2D eigenvalue weighted by molar-refractivity contribution is 5.29. The minimum absolute atomic E-state index is 0.470. The molecule has 0 aliphatic carbocycles. The molecule has 1 aliphatic rings. The van der Waals surface area contributed by atoms with Gasteiger partial charge in [-0.15, -0.1) is 0 Å². The summed E-state index contributed by atoms with van der Waals surface area (Å²) in [6, 6.07) is 0. The largest absolute Gasteiger partial charge is 0.311 e. The highest BCUT2D eigenvalue weighted by Crippen LogP contribution is 2.21. The summed E-state index contributed by atoms with van der Waals surface area (Å²) in [5.74, 6) is 1.50. The third-order valence-electron chi connectivity index (χ3n) is 3.43. The number of nitrogens with one attached hydrogen (secondary N) is 1. The normalized spacial score (nSPS) is 16.9. The van der Waals surface area contributed by atoms with Crippen molar-refractivity contribution in [3.63, 3.8) is 0 Å². The number of nitrogens with zero attached hydrogens (tertiary/aromatic N) is 2. The minimum Gasteiger partial charge on any atom is -0.311 e.